The number of rotatable bonds is 9. The van der Waals surface area contributed by atoms with Crippen molar-refractivity contribution in [2.45, 2.75) is 51.1 Å². The Kier molecular flexibility index (Phi) is 7.49. The number of ether oxygens (including phenoxy) is 1. The van der Waals surface area contributed by atoms with E-state index < -0.39 is 5.41 Å². The van der Waals surface area contributed by atoms with Crippen LogP contribution in [0.4, 0.5) is 0 Å². The lowest BCUT2D eigenvalue weighted by Gasteiger charge is -2.37. The van der Waals surface area contributed by atoms with Gasteiger partial charge in [-0.15, -0.1) is 0 Å². The molecular weight excluding hydrogens is 438 g/mol. The second-order valence-electron chi connectivity index (χ2n) is 9.13. The highest BCUT2D eigenvalue weighted by atomic mass is 16.5. The summed E-state index contributed by atoms with van der Waals surface area (Å²) in [5.41, 5.74) is 7.26. The predicted molar refractivity (Wildman–Crippen MR) is 134 cm³/mol. The van der Waals surface area contributed by atoms with Gasteiger partial charge in [0.05, 0.1) is 6.61 Å². The summed E-state index contributed by atoms with van der Waals surface area (Å²) in [5, 5.41) is 0. The third-order valence-electron chi connectivity index (χ3n) is 7.30. The maximum Gasteiger partial charge on any atom is 0.330 e. The predicted octanol–water partition coefficient (Wildman–Crippen LogP) is 4.02. The molecule has 0 bridgehead atoms. The lowest BCUT2D eigenvalue weighted by molar-refractivity contribution is -0.692. The monoisotopic (exact) mass is 472 g/mol. The van der Waals surface area contributed by atoms with Crippen LogP contribution in [-0.2, 0) is 26.3 Å². The van der Waals surface area contributed by atoms with E-state index in [1.54, 1.807) is 6.92 Å². The molecule has 0 radical (unpaired) electrons. The van der Waals surface area contributed by atoms with Crippen LogP contribution in [0.5, 0.6) is 0 Å². The zero-order chi connectivity index (χ0) is 24.8. The van der Waals surface area contributed by atoms with Gasteiger partial charge in [0.25, 0.3) is 5.82 Å². The molecule has 2 N–H and O–H groups in total. The van der Waals surface area contributed by atoms with E-state index in [0.29, 0.717) is 13.2 Å². The number of primary amides is 1. The Morgan fingerprint density at radius 1 is 1.09 bits per heavy atom. The van der Waals surface area contributed by atoms with Crippen LogP contribution >= 0.6 is 0 Å². The number of carbonyl (C=O) groups is 2. The fourth-order valence-corrected chi connectivity index (χ4v) is 5.68. The van der Waals surface area contributed by atoms with E-state index in [1.165, 1.54) is 6.08 Å². The molecule has 1 aromatic heterocycles. The van der Waals surface area contributed by atoms with Gasteiger partial charge in [-0.1, -0.05) is 60.7 Å². The van der Waals surface area contributed by atoms with Gasteiger partial charge in [-0.3, -0.25) is 4.79 Å². The molecule has 1 amide bonds. The summed E-state index contributed by atoms with van der Waals surface area (Å²) in [5.74, 6) is 0.555. The molecule has 0 unspecified atom stereocenters. The second kappa shape index (κ2) is 10.7. The summed E-state index contributed by atoms with van der Waals surface area (Å²) in [7, 11) is 0. The normalized spacial score (nSPS) is 18.1. The molecule has 0 spiro atoms. The standard InChI is InChI=1S/C29H33N3O3/c1-3-35-27(33)15-10-18-31-19-20-32(22(31)2)26-17-16-25(21-26)29(28(30)34,23-11-6-4-7-12-23)24-13-8-5-9-14-24/h4-15,19-20,25-26H,3,16-18,21H2,1-2H3,(H-,30,34)/p+1/b15-10+/t25-,26+/m1/s1. The molecule has 0 aliphatic heterocycles. The van der Waals surface area contributed by atoms with Crippen LogP contribution in [0.25, 0.3) is 0 Å². The SMILES string of the molecule is CCOC(=O)/C=C/C[n+]1ccn([C@H]2CC[C@@H](C(C(N)=O)(c3ccccc3)c3ccccc3)C2)c1C. The van der Waals surface area contributed by atoms with Crippen LogP contribution in [-0.4, -0.2) is 23.1 Å². The first-order valence-electron chi connectivity index (χ1n) is 12.3. The fraction of sp³-hybridized carbons (Fsp3) is 0.345. The Bertz CT molecular complexity index is 1140. The molecule has 1 heterocycles. The van der Waals surface area contributed by atoms with Gasteiger partial charge in [-0.2, -0.15) is 0 Å². The van der Waals surface area contributed by atoms with E-state index >= 15 is 0 Å². The largest absolute Gasteiger partial charge is 0.463 e. The maximum atomic E-state index is 13.3. The summed E-state index contributed by atoms with van der Waals surface area (Å²) in [6.45, 7) is 4.84. The molecule has 1 saturated carbocycles. The van der Waals surface area contributed by atoms with Gasteiger partial charge in [0, 0.05) is 13.0 Å². The molecule has 0 saturated heterocycles. The Hall–Kier alpha value is -3.67. The van der Waals surface area contributed by atoms with Gasteiger partial charge in [0.15, 0.2) is 0 Å². The van der Waals surface area contributed by atoms with E-state index in [4.69, 9.17) is 10.5 Å². The second-order valence-corrected chi connectivity index (χ2v) is 9.13. The van der Waals surface area contributed by atoms with E-state index in [9.17, 15) is 9.59 Å². The summed E-state index contributed by atoms with van der Waals surface area (Å²) in [6.07, 6.45) is 10.1. The molecule has 1 aliphatic rings. The average Bonchev–Trinajstić information content (AvgIpc) is 3.48. The molecular formula is C29H34N3O3+. The van der Waals surface area contributed by atoms with Crippen molar-refractivity contribution in [2.75, 3.05) is 6.61 Å². The zero-order valence-electron chi connectivity index (χ0n) is 20.5. The van der Waals surface area contributed by atoms with Crippen LogP contribution < -0.4 is 10.3 Å². The Morgan fingerprint density at radius 3 is 2.29 bits per heavy atom. The number of imidazole rings is 1. The lowest BCUT2D eigenvalue weighted by atomic mass is 9.64. The molecule has 1 aliphatic carbocycles. The van der Waals surface area contributed by atoms with Gasteiger partial charge in [-0.05, 0) is 49.3 Å². The third kappa shape index (κ3) is 4.78. The number of nitrogens with zero attached hydrogens (tertiary/aromatic N) is 2. The summed E-state index contributed by atoms with van der Waals surface area (Å²) in [4.78, 5) is 24.9. The number of allylic oxidation sites excluding steroid dienone is 1. The van der Waals surface area contributed by atoms with E-state index in [0.717, 1.165) is 36.2 Å². The Balaban J connectivity index is 1.61. The van der Waals surface area contributed by atoms with Gasteiger partial charge in [0.2, 0.25) is 5.91 Å². The minimum atomic E-state index is -0.878. The van der Waals surface area contributed by atoms with Crippen molar-refractivity contribution in [3.05, 3.63) is 102 Å². The molecule has 182 valence electrons. The molecule has 35 heavy (non-hydrogen) atoms. The van der Waals surface area contributed by atoms with Crippen molar-refractivity contribution in [1.29, 1.82) is 0 Å². The van der Waals surface area contributed by atoms with E-state index in [2.05, 4.69) is 22.3 Å². The number of hydrogen-bond donors (Lipinski definition) is 1. The molecule has 6 heteroatoms. The number of aromatic nitrogens is 2. The first-order chi connectivity index (χ1) is 17.0. The van der Waals surface area contributed by atoms with Crippen molar-refractivity contribution < 1.29 is 18.9 Å². The smallest absolute Gasteiger partial charge is 0.330 e. The highest BCUT2D eigenvalue weighted by Crippen LogP contribution is 2.49. The lowest BCUT2D eigenvalue weighted by Crippen LogP contribution is -2.47. The highest BCUT2D eigenvalue weighted by Gasteiger charge is 2.51. The van der Waals surface area contributed by atoms with Crippen molar-refractivity contribution >= 4 is 11.9 Å². The fourth-order valence-electron chi connectivity index (χ4n) is 5.68. The van der Waals surface area contributed by atoms with E-state index in [-0.39, 0.29) is 23.8 Å². The summed E-state index contributed by atoms with van der Waals surface area (Å²) >= 11 is 0. The quantitative estimate of drug-likeness (QED) is 0.290. The van der Waals surface area contributed by atoms with Crippen LogP contribution in [0.15, 0.2) is 85.2 Å². The topological polar surface area (TPSA) is 78.2 Å². The molecule has 6 nitrogen and oxygen atoms in total. The summed E-state index contributed by atoms with van der Waals surface area (Å²) < 4.78 is 9.36. The molecule has 2 aromatic carbocycles. The number of benzene rings is 2. The van der Waals surface area contributed by atoms with E-state index in [1.807, 2.05) is 72.9 Å². The zero-order valence-corrected chi connectivity index (χ0v) is 20.5. The van der Waals surface area contributed by atoms with Crippen LogP contribution in [0.3, 0.4) is 0 Å². The number of amides is 1. The Labute approximate surface area is 207 Å². The first-order valence-corrected chi connectivity index (χ1v) is 12.3. The number of hydrogen-bond acceptors (Lipinski definition) is 3. The first kappa shape index (κ1) is 24.5. The minimum Gasteiger partial charge on any atom is -0.463 e. The molecule has 3 aromatic rings. The number of nitrogens with two attached hydrogens (primary N) is 1. The molecule has 1 fully saturated rings. The third-order valence-corrected chi connectivity index (χ3v) is 7.30. The number of esters is 1. The number of carbonyl (C=O) groups excluding carboxylic acids is 2. The van der Waals surface area contributed by atoms with Gasteiger partial charge < -0.3 is 10.5 Å². The van der Waals surface area contributed by atoms with Crippen LogP contribution in [0.2, 0.25) is 0 Å². The maximum absolute atomic E-state index is 13.3. The highest BCUT2D eigenvalue weighted by molar-refractivity contribution is 5.91. The van der Waals surface area contributed by atoms with Crippen molar-refractivity contribution in [1.82, 2.24) is 4.57 Å². The van der Waals surface area contributed by atoms with Gasteiger partial charge in [0.1, 0.15) is 30.4 Å². The van der Waals surface area contributed by atoms with Crippen LogP contribution in [0.1, 0.15) is 49.2 Å². The van der Waals surface area contributed by atoms with Crippen molar-refractivity contribution in [2.24, 2.45) is 11.7 Å². The average molecular weight is 473 g/mol. The van der Waals surface area contributed by atoms with Crippen molar-refractivity contribution in [3.8, 4) is 0 Å². The molecule has 4 rings (SSSR count). The minimum absolute atomic E-state index is 0.0776. The summed E-state index contributed by atoms with van der Waals surface area (Å²) in [6, 6.07) is 20.2. The van der Waals surface area contributed by atoms with Crippen LogP contribution in [0, 0.1) is 12.8 Å². The Morgan fingerprint density at radius 2 is 1.71 bits per heavy atom. The van der Waals surface area contributed by atoms with Gasteiger partial charge in [-0.25, -0.2) is 13.9 Å². The molecule has 2 atom stereocenters. The van der Waals surface area contributed by atoms with Gasteiger partial charge >= 0.3 is 5.97 Å². The van der Waals surface area contributed by atoms with Crippen molar-refractivity contribution in [3.63, 3.8) is 0 Å².